The van der Waals surface area contributed by atoms with Gasteiger partial charge in [-0.2, -0.15) is 0 Å². The van der Waals surface area contributed by atoms with Crippen molar-refractivity contribution in [3.8, 4) is 32.5 Å². The minimum absolute atomic E-state index is 0.727. The van der Waals surface area contributed by atoms with Crippen molar-refractivity contribution in [1.82, 2.24) is 24.9 Å². The summed E-state index contributed by atoms with van der Waals surface area (Å²) >= 11 is 1.58. The number of thiazole rings is 1. The fourth-order valence-electron chi connectivity index (χ4n) is 2.94. The number of hydrogen-bond acceptors (Lipinski definition) is 7. The summed E-state index contributed by atoms with van der Waals surface area (Å²) in [5.41, 5.74) is 4.90. The molecule has 0 saturated heterocycles. The number of fused-ring (bicyclic) bond motifs is 1. The van der Waals surface area contributed by atoms with E-state index in [1.807, 2.05) is 37.3 Å². The molecule has 5 rings (SSSR count). The van der Waals surface area contributed by atoms with E-state index in [0.717, 1.165) is 49.2 Å². The topological polar surface area (TPSA) is 77.6 Å². The third-order valence-electron chi connectivity index (χ3n) is 4.18. The van der Waals surface area contributed by atoms with Gasteiger partial charge in [0.15, 0.2) is 5.58 Å². The van der Waals surface area contributed by atoms with Crippen LogP contribution in [0.25, 0.3) is 43.5 Å². The molecule has 0 fully saturated rings. The molecule has 0 aliphatic carbocycles. The van der Waals surface area contributed by atoms with Gasteiger partial charge in [-0.15, -0.1) is 11.3 Å². The number of hydrogen-bond donors (Lipinski definition) is 0. The molecular weight excluding hydrogens is 358 g/mol. The van der Waals surface area contributed by atoms with Gasteiger partial charge in [0.1, 0.15) is 17.0 Å². The Hall–Kier alpha value is -3.45. The molecule has 7 heteroatoms. The van der Waals surface area contributed by atoms with E-state index < -0.39 is 0 Å². The van der Waals surface area contributed by atoms with Crippen molar-refractivity contribution >= 4 is 22.3 Å². The number of aromatic nitrogens is 5. The highest BCUT2D eigenvalue weighted by Crippen LogP contribution is 2.37. The van der Waals surface area contributed by atoms with Crippen molar-refractivity contribution in [2.24, 2.45) is 0 Å². The third kappa shape index (κ3) is 2.78. The van der Waals surface area contributed by atoms with Crippen LogP contribution in [0.2, 0.25) is 0 Å². The SMILES string of the molecule is Cc1nc(-c2cncnc2)sc1-c1cc2ccoc2c(-c2ccccn2)n1. The molecule has 0 radical (unpaired) electrons. The summed E-state index contributed by atoms with van der Waals surface area (Å²) in [5, 5.41) is 1.86. The van der Waals surface area contributed by atoms with Crippen molar-refractivity contribution in [2.75, 3.05) is 0 Å². The molecule has 0 atom stereocenters. The van der Waals surface area contributed by atoms with Gasteiger partial charge in [-0.1, -0.05) is 6.07 Å². The second kappa shape index (κ2) is 6.37. The van der Waals surface area contributed by atoms with E-state index in [1.54, 1.807) is 36.2 Å². The van der Waals surface area contributed by atoms with Gasteiger partial charge in [0.2, 0.25) is 0 Å². The Morgan fingerprint density at radius 2 is 1.89 bits per heavy atom. The fraction of sp³-hybridized carbons (Fsp3) is 0.0500. The Balaban J connectivity index is 1.69. The van der Waals surface area contributed by atoms with Gasteiger partial charge in [0.05, 0.1) is 28.2 Å². The maximum atomic E-state index is 5.67. The molecular formula is C20H13N5OS. The first-order valence-corrected chi connectivity index (χ1v) is 9.14. The van der Waals surface area contributed by atoms with Gasteiger partial charge < -0.3 is 4.42 Å². The van der Waals surface area contributed by atoms with Crippen LogP contribution in [0.3, 0.4) is 0 Å². The highest BCUT2D eigenvalue weighted by molar-refractivity contribution is 7.18. The number of nitrogens with zero attached hydrogens (tertiary/aromatic N) is 5. The molecule has 0 amide bonds. The van der Waals surface area contributed by atoms with Crippen LogP contribution in [0.5, 0.6) is 0 Å². The zero-order chi connectivity index (χ0) is 18.2. The quantitative estimate of drug-likeness (QED) is 0.454. The Bertz CT molecular complexity index is 1230. The second-order valence-electron chi connectivity index (χ2n) is 5.97. The summed E-state index contributed by atoms with van der Waals surface area (Å²) in [5.74, 6) is 0. The molecule has 27 heavy (non-hydrogen) atoms. The van der Waals surface area contributed by atoms with E-state index in [9.17, 15) is 0 Å². The third-order valence-corrected chi connectivity index (χ3v) is 5.41. The monoisotopic (exact) mass is 371 g/mol. The van der Waals surface area contributed by atoms with Gasteiger partial charge >= 0.3 is 0 Å². The van der Waals surface area contributed by atoms with Crippen molar-refractivity contribution in [2.45, 2.75) is 6.92 Å². The molecule has 130 valence electrons. The molecule has 0 aliphatic rings. The van der Waals surface area contributed by atoms with Gasteiger partial charge in [-0.25, -0.2) is 19.9 Å². The lowest BCUT2D eigenvalue weighted by molar-refractivity contribution is 0.615. The largest absolute Gasteiger partial charge is 0.462 e. The predicted octanol–water partition coefficient (Wildman–Crippen LogP) is 4.78. The summed E-state index contributed by atoms with van der Waals surface area (Å²) in [6, 6.07) is 9.72. The molecule has 5 aromatic heterocycles. The molecule has 6 nitrogen and oxygen atoms in total. The Morgan fingerprint density at radius 1 is 1.00 bits per heavy atom. The standard InChI is InChI=1S/C20H13N5OS/c1-12-19(27-20(24-12)14-9-21-11-22-10-14)16-8-13-5-7-26-18(13)17(25-16)15-4-2-3-6-23-15/h2-11H,1H3. The highest BCUT2D eigenvalue weighted by atomic mass is 32.1. The Labute approximate surface area is 158 Å². The zero-order valence-electron chi connectivity index (χ0n) is 14.3. The maximum Gasteiger partial charge on any atom is 0.161 e. The molecule has 0 unspecified atom stereocenters. The molecule has 0 N–H and O–H groups in total. The average Bonchev–Trinajstić information content (AvgIpc) is 3.35. The lowest BCUT2D eigenvalue weighted by Gasteiger charge is -2.05. The number of pyridine rings is 2. The van der Waals surface area contributed by atoms with Crippen LogP contribution < -0.4 is 0 Å². The van der Waals surface area contributed by atoms with Gasteiger partial charge in [0.25, 0.3) is 0 Å². The fourth-order valence-corrected chi connectivity index (χ4v) is 3.94. The number of aryl methyl sites for hydroxylation is 1. The number of rotatable bonds is 3. The van der Waals surface area contributed by atoms with Crippen LogP contribution in [-0.4, -0.2) is 24.9 Å². The summed E-state index contributed by atoms with van der Waals surface area (Å²) in [4.78, 5) is 23.2. The molecule has 0 saturated carbocycles. The van der Waals surface area contributed by atoms with E-state index in [4.69, 9.17) is 9.40 Å². The van der Waals surface area contributed by atoms with Gasteiger partial charge in [0, 0.05) is 29.5 Å². The molecule has 0 bridgehead atoms. The molecule has 5 heterocycles. The summed E-state index contributed by atoms with van der Waals surface area (Å²) < 4.78 is 5.67. The second-order valence-corrected chi connectivity index (χ2v) is 6.97. The van der Waals surface area contributed by atoms with Crippen LogP contribution in [-0.2, 0) is 0 Å². The first-order valence-electron chi connectivity index (χ1n) is 8.32. The zero-order valence-corrected chi connectivity index (χ0v) is 15.1. The van der Waals surface area contributed by atoms with Crippen LogP contribution in [0.15, 0.2) is 65.9 Å². The normalized spacial score (nSPS) is 11.1. The van der Waals surface area contributed by atoms with Crippen LogP contribution in [0.4, 0.5) is 0 Å². The minimum atomic E-state index is 0.727. The molecule has 5 aromatic rings. The lowest BCUT2D eigenvalue weighted by Crippen LogP contribution is -1.91. The van der Waals surface area contributed by atoms with E-state index in [0.29, 0.717) is 0 Å². The molecule has 0 aromatic carbocycles. The van der Waals surface area contributed by atoms with Crippen molar-refractivity contribution in [3.63, 3.8) is 0 Å². The molecule has 0 spiro atoms. The summed E-state index contributed by atoms with van der Waals surface area (Å²) in [6.07, 6.45) is 8.47. The average molecular weight is 371 g/mol. The van der Waals surface area contributed by atoms with Crippen LogP contribution in [0.1, 0.15) is 5.69 Å². The predicted molar refractivity (Wildman–Crippen MR) is 104 cm³/mol. The smallest absolute Gasteiger partial charge is 0.161 e. The van der Waals surface area contributed by atoms with Crippen LogP contribution in [0, 0.1) is 6.92 Å². The minimum Gasteiger partial charge on any atom is -0.462 e. The first-order chi connectivity index (χ1) is 13.3. The van der Waals surface area contributed by atoms with Gasteiger partial charge in [-0.05, 0) is 31.2 Å². The van der Waals surface area contributed by atoms with E-state index >= 15 is 0 Å². The highest BCUT2D eigenvalue weighted by Gasteiger charge is 2.17. The van der Waals surface area contributed by atoms with Crippen molar-refractivity contribution in [1.29, 1.82) is 0 Å². The van der Waals surface area contributed by atoms with E-state index in [-0.39, 0.29) is 0 Å². The number of furan rings is 1. The summed E-state index contributed by atoms with van der Waals surface area (Å²) in [7, 11) is 0. The Morgan fingerprint density at radius 3 is 2.70 bits per heavy atom. The van der Waals surface area contributed by atoms with Crippen molar-refractivity contribution in [3.05, 3.63) is 67.2 Å². The van der Waals surface area contributed by atoms with E-state index in [1.165, 1.54) is 6.33 Å². The first kappa shape index (κ1) is 15.8. The van der Waals surface area contributed by atoms with Crippen molar-refractivity contribution < 1.29 is 4.42 Å². The van der Waals surface area contributed by atoms with Crippen LogP contribution >= 0.6 is 11.3 Å². The Kier molecular flexibility index (Phi) is 3.72. The van der Waals surface area contributed by atoms with Gasteiger partial charge in [-0.3, -0.25) is 4.98 Å². The maximum absolute atomic E-state index is 5.67. The van der Waals surface area contributed by atoms with E-state index in [2.05, 4.69) is 19.9 Å². The lowest BCUT2D eigenvalue weighted by atomic mass is 10.1. The molecule has 0 aliphatic heterocycles. The summed E-state index contributed by atoms with van der Waals surface area (Å²) in [6.45, 7) is 1.99.